The molecule has 1 heterocycles. The van der Waals surface area contributed by atoms with Crippen LogP contribution < -0.4 is 0 Å². The fourth-order valence-electron chi connectivity index (χ4n) is 2.45. The first kappa shape index (κ1) is 17.7. The highest BCUT2D eigenvalue weighted by Crippen LogP contribution is 2.21. The fraction of sp³-hybridized carbons (Fsp3) is 0.846. The van der Waals surface area contributed by atoms with E-state index in [-0.39, 0.29) is 19.0 Å². The van der Waals surface area contributed by atoms with Crippen LogP contribution >= 0.6 is 0 Å². The molecule has 1 saturated heterocycles. The highest BCUT2D eigenvalue weighted by atomic mass is 16.5. The molecule has 0 aliphatic carbocycles. The summed E-state index contributed by atoms with van der Waals surface area (Å²) in [6.45, 7) is 2.86. The van der Waals surface area contributed by atoms with E-state index in [1.54, 1.807) is 0 Å². The molecule has 1 rings (SSSR count). The number of amides is 2. The Morgan fingerprint density at radius 3 is 2.57 bits per heavy atom. The van der Waals surface area contributed by atoms with Crippen molar-refractivity contribution >= 4 is 12.0 Å². The third kappa shape index (κ3) is 4.55. The molecule has 1 fully saturated rings. The smallest absolute Gasteiger partial charge is 0.326 e. The number of carboxylic acids is 1. The number of carboxylic acid groups (broad SMARTS) is 1. The average Bonchev–Trinajstić information content (AvgIpc) is 2.81. The van der Waals surface area contributed by atoms with Crippen LogP contribution in [0.1, 0.15) is 13.3 Å². The summed E-state index contributed by atoms with van der Waals surface area (Å²) < 4.78 is 10.0. The number of urea groups is 1. The lowest BCUT2D eigenvalue weighted by molar-refractivity contribution is -0.141. The van der Waals surface area contributed by atoms with Gasteiger partial charge in [0.15, 0.2) is 0 Å². The minimum absolute atomic E-state index is 0.0268. The zero-order chi connectivity index (χ0) is 16.0. The molecule has 0 bridgehead atoms. The summed E-state index contributed by atoms with van der Waals surface area (Å²) in [5.74, 6) is -1.11. The standard InChI is InChI=1S/C13H24N2O6/c1-9(8-21-3)14(4-5-20-2)13(19)15-7-10(16)6-11(15)12(17)18/h9-11,16H,4-8H2,1-3H3,(H,17,18)/t9?,10-,11-/m1/s1. The number of aliphatic hydroxyl groups is 1. The highest BCUT2D eigenvalue weighted by Gasteiger charge is 2.41. The molecule has 0 saturated carbocycles. The van der Waals surface area contributed by atoms with Gasteiger partial charge in [-0.2, -0.15) is 0 Å². The summed E-state index contributed by atoms with van der Waals surface area (Å²) in [6.07, 6.45) is -0.755. The molecule has 0 radical (unpaired) electrons. The monoisotopic (exact) mass is 304 g/mol. The van der Waals surface area contributed by atoms with Gasteiger partial charge in [0.25, 0.3) is 0 Å². The lowest BCUT2D eigenvalue weighted by Crippen LogP contribution is -2.52. The maximum absolute atomic E-state index is 12.6. The summed E-state index contributed by atoms with van der Waals surface area (Å²) in [6, 6.07) is -1.63. The molecule has 8 heteroatoms. The van der Waals surface area contributed by atoms with Crippen molar-refractivity contribution in [2.75, 3.05) is 40.5 Å². The summed E-state index contributed by atoms with van der Waals surface area (Å²) in [5, 5.41) is 18.8. The van der Waals surface area contributed by atoms with Gasteiger partial charge in [0, 0.05) is 33.7 Å². The van der Waals surface area contributed by atoms with Crippen molar-refractivity contribution in [3.05, 3.63) is 0 Å². The van der Waals surface area contributed by atoms with Crippen molar-refractivity contribution in [1.29, 1.82) is 0 Å². The second-order valence-electron chi connectivity index (χ2n) is 5.17. The number of hydrogen-bond donors (Lipinski definition) is 2. The lowest BCUT2D eigenvalue weighted by Gasteiger charge is -2.34. The minimum Gasteiger partial charge on any atom is -0.480 e. The predicted octanol–water partition coefficient (Wildman–Crippen LogP) is -0.390. The van der Waals surface area contributed by atoms with E-state index in [1.165, 1.54) is 24.0 Å². The highest BCUT2D eigenvalue weighted by molar-refractivity contribution is 5.83. The van der Waals surface area contributed by atoms with E-state index in [4.69, 9.17) is 9.47 Å². The molecule has 2 N–H and O–H groups in total. The number of β-amino-alcohol motifs (C(OH)–C–C–N with tert-alkyl or cyclic N) is 1. The van der Waals surface area contributed by atoms with Crippen LogP contribution in [-0.2, 0) is 14.3 Å². The molecule has 0 spiro atoms. The maximum Gasteiger partial charge on any atom is 0.326 e. The number of carbonyl (C=O) groups excluding carboxylic acids is 1. The third-order valence-electron chi connectivity index (χ3n) is 3.53. The molecule has 1 unspecified atom stereocenters. The summed E-state index contributed by atoms with van der Waals surface area (Å²) in [7, 11) is 3.07. The zero-order valence-corrected chi connectivity index (χ0v) is 12.7. The van der Waals surface area contributed by atoms with E-state index < -0.39 is 24.1 Å². The Hall–Kier alpha value is -1.38. The van der Waals surface area contributed by atoms with Crippen molar-refractivity contribution in [2.24, 2.45) is 0 Å². The van der Waals surface area contributed by atoms with Crippen molar-refractivity contribution in [3.63, 3.8) is 0 Å². The number of aliphatic hydroxyl groups excluding tert-OH is 1. The van der Waals surface area contributed by atoms with E-state index in [0.29, 0.717) is 19.8 Å². The van der Waals surface area contributed by atoms with E-state index >= 15 is 0 Å². The first-order chi connectivity index (χ1) is 9.92. The van der Waals surface area contributed by atoms with Crippen LogP contribution in [0.4, 0.5) is 4.79 Å². The molecular formula is C13H24N2O6. The molecule has 2 amide bonds. The molecule has 21 heavy (non-hydrogen) atoms. The normalized spacial score (nSPS) is 23.1. The molecule has 122 valence electrons. The molecular weight excluding hydrogens is 280 g/mol. The zero-order valence-electron chi connectivity index (χ0n) is 12.7. The van der Waals surface area contributed by atoms with Crippen molar-refractivity contribution < 1.29 is 29.3 Å². The van der Waals surface area contributed by atoms with Crippen LogP contribution in [0.25, 0.3) is 0 Å². The van der Waals surface area contributed by atoms with Gasteiger partial charge >= 0.3 is 12.0 Å². The van der Waals surface area contributed by atoms with Crippen LogP contribution in [0.15, 0.2) is 0 Å². The number of nitrogens with zero attached hydrogens (tertiary/aromatic N) is 2. The fourth-order valence-corrected chi connectivity index (χ4v) is 2.45. The van der Waals surface area contributed by atoms with Crippen molar-refractivity contribution in [2.45, 2.75) is 31.5 Å². The number of methoxy groups -OCH3 is 2. The SMILES string of the molecule is COCCN(C(=O)N1C[C@H](O)C[C@@H]1C(=O)O)C(C)COC. The molecule has 3 atom stereocenters. The molecule has 1 aliphatic rings. The minimum atomic E-state index is -1.11. The van der Waals surface area contributed by atoms with Crippen LogP contribution in [0.5, 0.6) is 0 Å². The van der Waals surface area contributed by atoms with Crippen LogP contribution in [0.2, 0.25) is 0 Å². The van der Waals surface area contributed by atoms with Gasteiger partial charge in [-0.25, -0.2) is 9.59 Å². The van der Waals surface area contributed by atoms with E-state index in [0.717, 1.165) is 0 Å². The number of hydrogen-bond acceptors (Lipinski definition) is 5. The molecule has 0 aromatic carbocycles. The first-order valence-electron chi connectivity index (χ1n) is 6.88. The lowest BCUT2D eigenvalue weighted by atomic mass is 10.2. The molecule has 0 aromatic heterocycles. The van der Waals surface area contributed by atoms with E-state index in [2.05, 4.69) is 0 Å². The van der Waals surface area contributed by atoms with Gasteiger partial charge in [0.2, 0.25) is 0 Å². The van der Waals surface area contributed by atoms with Gasteiger partial charge in [-0.05, 0) is 6.92 Å². The largest absolute Gasteiger partial charge is 0.480 e. The number of ether oxygens (including phenoxy) is 2. The second-order valence-corrected chi connectivity index (χ2v) is 5.17. The Kier molecular flexibility index (Phi) is 6.86. The van der Waals surface area contributed by atoms with Crippen molar-refractivity contribution in [1.82, 2.24) is 9.80 Å². The molecule has 8 nitrogen and oxygen atoms in total. The van der Waals surface area contributed by atoms with Gasteiger partial charge in [0.05, 0.1) is 25.4 Å². The average molecular weight is 304 g/mol. The summed E-state index contributed by atoms with van der Waals surface area (Å²) in [4.78, 5) is 26.5. The Labute approximate surface area is 124 Å². The predicted molar refractivity (Wildman–Crippen MR) is 74.1 cm³/mol. The topological polar surface area (TPSA) is 99.5 Å². The first-order valence-corrected chi connectivity index (χ1v) is 6.88. The second kappa shape index (κ2) is 8.16. The van der Waals surface area contributed by atoms with Crippen LogP contribution in [-0.4, -0.2) is 90.7 Å². The van der Waals surface area contributed by atoms with Gasteiger partial charge in [-0.3, -0.25) is 0 Å². The summed E-state index contributed by atoms with van der Waals surface area (Å²) >= 11 is 0. The quantitative estimate of drug-likeness (QED) is 0.664. The molecule has 1 aliphatic heterocycles. The van der Waals surface area contributed by atoms with Gasteiger partial charge < -0.3 is 29.5 Å². The Morgan fingerprint density at radius 2 is 2.05 bits per heavy atom. The van der Waals surface area contributed by atoms with Gasteiger partial charge in [-0.1, -0.05) is 0 Å². The number of aliphatic carboxylic acids is 1. The number of likely N-dealkylation sites (tertiary alicyclic amines) is 1. The Bertz CT molecular complexity index is 365. The Balaban J connectivity index is 2.84. The number of rotatable bonds is 7. The maximum atomic E-state index is 12.6. The number of carbonyl (C=O) groups is 2. The van der Waals surface area contributed by atoms with Crippen LogP contribution in [0, 0.1) is 0 Å². The third-order valence-corrected chi connectivity index (χ3v) is 3.53. The molecule has 0 aromatic rings. The van der Waals surface area contributed by atoms with Gasteiger partial charge in [-0.15, -0.1) is 0 Å². The Morgan fingerprint density at radius 1 is 1.38 bits per heavy atom. The van der Waals surface area contributed by atoms with Crippen LogP contribution in [0.3, 0.4) is 0 Å². The van der Waals surface area contributed by atoms with E-state index in [1.807, 2.05) is 6.92 Å². The van der Waals surface area contributed by atoms with Crippen molar-refractivity contribution in [3.8, 4) is 0 Å². The summed E-state index contributed by atoms with van der Waals surface area (Å²) in [5.41, 5.74) is 0. The van der Waals surface area contributed by atoms with Gasteiger partial charge in [0.1, 0.15) is 6.04 Å². The van der Waals surface area contributed by atoms with E-state index in [9.17, 15) is 19.8 Å².